The minimum atomic E-state index is -1.05. The van der Waals surface area contributed by atoms with Crippen LogP contribution in [0.3, 0.4) is 0 Å². The van der Waals surface area contributed by atoms with Gasteiger partial charge in [-0.2, -0.15) is 0 Å². The van der Waals surface area contributed by atoms with Crippen LogP contribution in [0, 0.1) is 5.92 Å². The van der Waals surface area contributed by atoms with Gasteiger partial charge in [-0.25, -0.2) is 14.6 Å². The Bertz CT molecular complexity index is 1120. The van der Waals surface area contributed by atoms with Gasteiger partial charge >= 0.3 is 12.1 Å². The predicted octanol–water partition coefficient (Wildman–Crippen LogP) is 1.50. The monoisotopic (exact) mass is 549 g/mol. The Morgan fingerprint density at radius 3 is 2.28 bits per heavy atom. The van der Waals surface area contributed by atoms with E-state index in [0.29, 0.717) is 24.4 Å². The van der Waals surface area contributed by atoms with Crippen LogP contribution < -0.4 is 15.5 Å². The number of aryl methyl sites for hydroxylation is 1. The van der Waals surface area contributed by atoms with Crippen molar-refractivity contribution in [2.45, 2.75) is 65.6 Å². The highest BCUT2D eigenvalue weighted by molar-refractivity contribution is 5.90. The molecular formula is C27H43N5O7. The number of ether oxygens (including phenoxy) is 2. The number of alkyl carbamates (subject to hydrolysis) is 1. The SMILES string of the molecule is CCOC(=O)[C@H](Cc1nc2cc(N(CCO)CCO)ccc2n1C)NC(=O)[C@@H](NC(=O)OC(C)(C)C)C(C)C. The molecule has 0 aliphatic carbocycles. The lowest BCUT2D eigenvalue weighted by atomic mass is 10.0. The number of nitrogens with zero attached hydrogens (tertiary/aromatic N) is 3. The number of hydrogen-bond donors (Lipinski definition) is 4. The summed E-state index contributed by atoms with van der Waals surface area (Å²) in [6.07, 6.45) is -0.675. The molecule has 4 N–H and O–H groups in total. The largest absolute Gasteiger partial charge is 0.464 e. The number of aliphatic hydroxyl groups excluding tert-OH is 2. The number of carbonyl (C=O) groups is 3. The summed E-state index contributed by atoms with van der Waals surface area (Å²) in [4.78, 5) is 45.0. The van der Waals surface area contributed by atoms with Crippen molar-refractivity contribution in [1.29, 1.82) is 0 Å². The van der Waals surface area contributed by atoms with E-state index in [1.54, 1.807) is 41.5 Å². The Kier molecular flexibility index (Phi) is 11.5. The van der Waals surface area contributed by atoms with Gasteiger partial charge in [-0.05, 0) is 51.8 Å². The number of fused-ring (bicyclic) bond motifs is 1. The molecule has 0 fully saturated rings. The number of amides is 2. The van der Waals surface area contributed by atoms with Crippen LogP contribution in [0.2, 0.25) is 0 Å². The molecule has 1 aromatic carbocycles. The van der Waals surface area contributed by atoms with Gasteiger partial charge in [-0.3, -0.25) is 4.79 Å². The van der Waals surface area contributed by atoms with Crippen molar-refractivity contribution < 1.29 is 34.1 Å². The number of esters is 1. The van der Waals surface area contributed by atoms with Crippen LogP contribution >= 0.6 is 0 Å². The molecular weight excluding hydrogens is 506 g/mol. The number of rotatable bonds is 13. The summed E-state index contributed by atoms with van der Waals surface area (Å²) in [6.45, 7) is 11.1. The Morgan fingerprint density at radius 1 is 1.10 bits per heavy atom. The van der Waals surface area contributed by atoms with Crippen LogP contribution in [0.25, 0.3) is 11.0 Å². The molecule has 0 saturated heterocycles. The van der Waals surface area contributed by atoms with E-state index in [2.05, 4.69) is 10.6 Å². The van der Waals surface area contributed by atoms with Gasteiger partial charge in [0.25, 0.3) is 0 Å². The molecule has 12 heteroatoms. The van der Waals surface area contributed by atoms with Crippen molar-refractivity contribution >= 4 is 34.7 Å². The number of carbonyl (C=O) groups excluding carboxylic acids is 3. The van der Waals surface area contributed by atoms with E-state index < -0.39 is 35.7 Å². The van der Waals surface area contributed by atoms with E-state index in [1.165, 1.54) is 0 Å². The molecule has 0 aliphatic heterocycles. The average Bonchev–Trinajstić information content (AvgIpc) is 3.15. The molecule has 0 saturated carbocycles. The third-order valence-corrected chi connectivity index (χ3v) is 5.96. The van der Waals surface area contributed by atoms with E-state index in [4.69, 9.17) is 14.5 Å². The summed E-state index contributed by atoms with van der Waals surface area (Å²) < 4.78 is 12.4. The summed E-state index contributed by atoms with van der Waals surface area (Å²) in [5.74, 6) is -0.901. The van der Waals surface area contributed by atoms with Crippen LogP contribution in [0.1, 0.15) is 47.4 Å². The second-order valence-corrected chi connectivity index (χ2v) is 10.6. The van der Waals surface area contributed by atoms with E-state index >= 15 is 0 Å². The number of aromatic nitrogens is 2. The average molecular weight is 550 g/mol. The van der Waals surface area contributed by atoms with Crippen molar-refractivity contribution in [2.24, 2.45) is 13.0 Å². The van der Waals surface area contributed by atoms with Crippen LogP contribution in [-0.2, 0) is 32.5 Å². The molecule has 2 atom stereocenters. The van der Waals surface area contributed by atoms with Gasteiger partial charge in [0, 0.05) is 32.2 Å². The molecule has 39 heavy (non-hydrogen) atoms. The molecule has 0 aliphatic rings. The maximum Gasteiger partial charge on any atom is 0.408 e. The summed E-state index contributed by atoms with van der Waals surface area (Å²) in [5, 5.41) is 24.1. The van der Waals surface area contributed by atoms with Gasteiger partial charge in [0.05, 0.1) is 30.9 Å². The minimum Gasteiger partial charge on any atom is -0.464 e. The molecule has 0 spiro atoms. The lowest BCUT2D eigenvalue weighted by Crippen LogP contribution is -2.55. The first-order chi connectivity index (χ1) is 18.3. The van der Waals surface area contributed by atoms with E-state index in [0.717, 1.165) is 11.2 Å². The molecule has 2 amide bonds. The number of hydrogen-bond acceptors (Lipinski definition) is 9. The number of benzene rings is 1. The van der Waals surface area contributed by atoms with Crippen molar-refractivity contribution in [1.82, 2.24) is 20.2 Å². The minimum absolute atomic E-state index is 0.0549. The normalized spacial score (nSPS) is 13.2. The van der Waals surface area contributed by atoms with Crippen LogP contribution in [0.4, 0.5) is 10.5 Å². The third kappa shape index (κ3) is 9.10. The number of anilines is 1. The molecule has 1 aromatic heterocycles. The van der Waals surface area contributed by atoms with E-state index in [9.17, 15) is 24.6 Å². The quantitative estimate of drug-likeness (QED) is 0.272. The fourth-order valence-electron chi connectivity index (χ4n) is 4.08. The molecule has 0 unspecified atom stereocenters. The van der Waals surface area contributed by atoms with Crippen LogP contribution in [0.5, 0.6) is 0 Å². The Hall–Kier alpha value is -3.38. The standard InChI is InChI=1S/C27H43N5O7/c1-8-38-25(36)20(29-24(35)23(17(2)3)30-26(37)39-27(4,5)6)16-22-28-19-15-18(9-10-21(19)31(22)7)32(11-13-33)12-14-34/h9-10,15,17,20,23,33-34H,8,11-14,16H2,1-7H3,(H,29,35)(H,30,37)/t20-,23-/m0/s1. The van der Waals surface area contributed by atoms with Gasteiger partial charge in [0.1, 0.15) is 23.5 Å². The highest BCUT2D eigenvalue weighted by Gasteiger charge is 2.32. The Balaban J connectivity index is 2.31. The molecule has 1 heterocycles. The lowest BCUT2D eigenvalue weighted by molar-refractivity contribution is -0.147. The molecule has 218 valence electrons. The summed E-state index contributed by atoms with van der Waals surface area (Å²) in [7, 11) is 1.81. The van der Waals surface area contributed by atoms with Crippen molar-refractivity contribution in [2.75, 3.05) is 37.8 Å². The molecule has 2 rings (SSSR count). The zero-order valence-corrected chi connectivity index (χ0v) is 24.0. The van der Waals surface area contributed by atoms with Crippen LogP contribution in [0.15, 0.2) is 18.2 Å². The first kappa shape index (κ1) is 31.8. The predicted molar refractivity (Wildman–Crippen MR) is 147 cm³/mol. The second kappa shape index (κ2) is 14.1. The van der Waals surface area contributed by atoms with E-state index in [-0.39, 0.29) is 32.2 Å². The fourth-order valence-corrected chi connectivity index (χ4v) is 4.08. The summed E-state index contributed by atoms with van der Waals surface area (Å²) in [5.41, 5.74) is 1.52. The summed E-state index contributed by atoms with van der Waals surface area (Å²) in [6, 6.07) is 3.61. The fraction of sp³-hybridized carbons (Fsp3) is 0.630. The zero-order chi connectivity index (χ0) is 29.3. The number of aliphatic hydroxyl groups is 2. The topological polar surface area (TPSA) is 155 Å². The van der Waals surface area contributed by atoms with Crippen LogP contribution in [-0.4, -0.2) is 88.3 Å². The maximum atomic E-state index is 13.2. The maximum absolute atomic E-state index is 13.2. The van der Waals surface area contributed by atoms with Gasteiger partial charge in [-0.15, -0.1) is 0 Å². The number of imidazole rings is 1. The highest BCUT2D eigenvalue weighted by Crippen LogP contribution is 2.23. The molecule has 2 aromatic rings. The second-order valence-electron chi connectivity index (χ2n) is 10.6. The molecule has 0 radical (unpaired) electrons. The van der Waals surface area contributed by atoms with Crippen molar-refractivity contribution in [3.05, 3.63) is 24.0 Å². The van der Waals surface area contributed by atoms with E-state index in [1.807, 2.05) is 34.7 Å². The number of nitrogens with one attached hydrogen (secondary N) is 2. The first-order valence-electron chi connectivity index (χ1n) is 13.2. The summed E-state index contributed by atoms with van der Waals surface area (Å²) >= 11 is 0. The first-order valence-corrected chi connectivity index (χ1v) is 13.2. The lowest BCUT2D eigenvalue weighted by Gasteiger charge is -2.26. The van der Waals surface area contributed by atoms with Gasteiger partial charge in [-0.1, -0.05) is 13.8 Å². The zero-order valence-electron chi connectivity index (χ0n) is 24.0. The third-order valence-electron chi connectivity index (χ3n) is 5.96. The van der Waals surface area contributed by atoms with Gasteiger partial charge in [0.2, 0.25) is 5.91 Å². The Morgan fingerprint density at radius 2 is 1.74 bits per heavy atom. The highest BCUT2D eigenvalue weighted by atomic mass is 16.6. The smallest absolute Gasteiger partial charge is 0.408 e. The van der Waals surface area contributed by atoms with Crippen molar-refractivity contribution in [3.63, 3.8) is 0 Å². The van der Waals surface area contributed by atoms with Gasteiger partial charge in [0.15, 0.2) is 0 Å². The molecule has 0 bridgehead atoms. The molecule has 12 nitrogen and oxygen atoms in total. The Labute approximate surface area is 229 Å². The van der Waals surface area contributed by atoms with Gasteiger partial charge < -0.3 is 39.8 Å². The van der Waals surface area contributed by atoms with Crippen molar-refractivity contribution in [3.8, 4) is 0 Å².